The van der Waals surface area contributed by atoms with Gasteiger partial charge in [0.15, 0.2) is 0 Å². The average Bonchev–Trinajstić information content (AvgIpc) is 2.53. The van der Waals surface area contributed by atoms with E-state index in [0.717, 1.165) is 12.2 Å². The number of carbonyl (C=O) groups excluding carboxylic acids is 1. The second-order valence-electron chi connectivity index (χ2n) is 2.34. The largest absolute Gasteiger partial charge is 0.331 e. The van der Waals surface area contributed by atoms with Crippen molar-refractivity contribution in [1.29, 1.82) is 0 Å². The molecule has 0 saturated heterocycles. The lowest BCUT2D eigenvalue weighted by Gasteiger charge is -1.99. The zero-order chi connectivity index (χ0) is 8.81. The van der Waals surface area contributed by atoms with Gasteiger partial charge in [-0.1, -0.05) is 0 Å². The number of hydrogen-bond acceptors (Lipinski definition) is 3. The van der Waals surface area contributed by atoms with Crippen LogP contribution in [0.5, 0.6) is 0 Å². The third-order valence-corrected chi connectivity index (χ3v) is 1.65. The van der Waals surface area contributed by atoms with E-state index in [1.165, 1.54) is 6.33 Å². The SMILES string of the molecule is O=C(CCCS)Nc1cnc[nH]1. The number of amides is 1. The van der Waals surface area contributed by atoms with Crippen LogP contribution in [-0.2, 0) is 4.79 Å². The van der Waals surface area contributed by atoms with Crippen molar-refractivity contribution < 1.29 is 4.79 Å². The molecule has 0 saturated carbocycles. The van der Waals surface area contributed by atoms with Gasteiger partial charge in [0.2, 0.25) is 5.91 Å². The number of rotatable bonds is 4. The molecule has 0 atom stereocenters. The van der Waals surface area contributed by atoms with Gasteiger partial charge in [0.25, 0.3) is 0 Å². The zero-order valence-corrected chi connectivity index (χ0v) is 7.47. The van der Waals surface area contributed by atoms with Crippen molar-refractivity contribution in [3.8, 4) is 0 Å². The van der Waals surface area contributed by atoms with Crippen molar-refractivity contribution in [2.75, 3.05) is 11.1 Å². The molecule has 0 aliphatic heterocycles. The van der Waals surface area contributed by atoms with Gasteiger partial charge in [-0.2, -0.15) is 12.6 Å². The molecule has 0 aromatic carbocycles. The summed E-state index contributed by atoms with van der Waals surface area (Å²) in [6.07, 6.45) is 4.39. The minimum absolute atomic E-state index is 0.00620. The first kappa shape index (κ1) is 9.12. The molecule has 1 heterocycles. The molecule has 0 radical (unpaired) electrons. The number of nitrogens with zero attached hydrogens (tertiary/aromatic N) is 1. The summed E-state index contributed by atoms with van der Waals surface area (Å²) in [5.74, 6) is 1.36. The van der Waals surface area contributed by atoms with E-state index < -0.39 is 0 Å². The highest BCUT2D eigenvalue weighted by Crippen LogP contribution is 2.00. The quantitative estimate of drug-likeness (QED) is 0.614. The first-order valence-corrected chi connectivity index (χ1v) is 4.35. The number of H-pyrrole nitrogens is 1. The second kappa shape index (κ2) is 4.82. The fourth-order valence-electron chi connectivity index (χ4n) is 0.777. The van der Waals surface area contributed by atoms with Gasteiger partial charge >= 0.3 is 0 Å². The summed E-state index contributed by atoms with van der Waals surface area (Å²) in [5.41, 5.74) is 0. The zero-order valence-electron chi connectivity index (χ0n) is 6.58. The topological polar surface area (TPSA) is 57.8 Å². The molecule has 12 heavy (non-hydrogen) atoms. The molecule has 0 spiro atoms. The maximum Gasteiger partial charge on any atom is 0.225 e. The molecule has 5 heteroatoms. The van der Waals surface area contributed by atoms with Crippen LogP contribution in [0.2, 0.25) is 0 Å². The summed E-state index contributed by atoms with van der Waals surface area (Å²) < 4.78 is 0. The highest BCUT2D eigenvalue weighted by molar-refractivity contribution is 7.80. The molecule has 4 nitrogen and oxygen atoms in total. The molecular formula is C7H11N3OS. The number of anilines is 1. The van der Waals surface area contributed by atoms with E-state index in [9.17, 15) is 4.79 Å². The Morgan fingerprint density at radius 3 is 3.17 bits per heavy atom. The first-order valence-electron chi connectivity index (χ1n) is 3.72. The van der Waals surface area contributed by atoms with Crippen molar-refractivity contribution >= 4 is 24.4 Å². The highest BCUT2D eigenvalue weighted by Gasteiger charge is 2.00. The van der Waals surface area contributed by atoms with E-state index in [2.05, 4.69) is 27.9 Å². The molecule has 0 aliphatic carbocycles. The van der Waals surface area contributed by atoms with Gasteiger partial charge in [-0.05, 0) is 12.2 Å². The molecule has 0 bridgehead atoms. The maximum atomic E-state index is 11.1. The van der Waals surface area contributed by atoms with Crippen LogP contribution in [0.3, 0.4) is 0 Å². The van der Waals surface area contributed by atoms with E-state index in [1.807, 2.05) is 0 Å². The third kappa shape index (κ3) is 2.96. The standard InChI is InChI=1S/C7H11N3OS/c11-7(2-1-3-12)10-6-4-8-5-9-6/h4-5,12H,1-3H2,(H,8,9)(H,10,11). The normalized spacial score (nSPS) is 9.75. The Morgan fingerprint density at radius 1 is 1.75 bits per heavy atom. The summed E-state index contributed by atoms with van der Waals surface area (Å²) in [6.45, 7) is 0. The monoisotopic (exact) mass is 185 g/mol. The van der Waals surface area contributed by atoms with Crippen LogP contribution in [0.15, 0.2) is 12.5 Å². The molecule has 1 aromatic rings. The first-order chi connectivity index (χ1) is 5.83. The predicted molar refractivity (Wildman–Crippen MR) is 50.3 cm³/mol. The molecule has 1 amide bonds. The summed E-state index contributed by atoms with van der Waals surface area (Å²) in [7, 11) is 0. The lowest BCUT2D eigenvalue weighted by molar-refractivity contribution is -0.116. The summed E-state index contributed by atoms with van der Waals surface area (Å²) >= 11 is 4.01. The Morgan fingerprint density at radius 2 is 2.58 bits per heavy atom. The van der Waals surface area contributed by atoms with Gasteiger partial charge in [0.1, 0.15) is 5.82 Å². The van der Waals surface area contributed by atoms with Crippen LogP contribution in [0, 0.1) is 0 Å². The van der Waals surface area contributed by atoms with E-state index in [4.69, 9.17) is 0 Å². The Hall–Kier alpha value is -0.970. The summed E-state index contributed by atoms with van der Waals surface area (Å²) in [5, 5.41) is 2.67. The van der Waals surface area contributed by atoms with Crippen molar-refractivity contribution in [1.82, 2.24) is 9.97 Å². The van der Waals surface area contributed by atoms with Crippen LogP contribution in [0.4, 0.5) is 5.82 Å². The number of nitrogens with one attached hydrogen (secondary N) is 2. The predicted octanol–water partition coefficient (Wildman–Crippen LogP) is 1.06. The van der Waals surface area contributed by atoms with Gasteiger partial charge in [0.05, 0.1) is 12.5 Å². The third-order valence-electron chi connectivity index (χ3n) is 1.33. The Balaban J connectivity index is 2.27. The minimum Gasteiger partial charge on any atom is -0.331 e. The van der Waals surface area contributed by atoms with Crippen LogP contribution in [-0.4, -0.2) is 21.6 Å². The van der Waals surface area contributed by atoms with Crippen molar-refractivity contribution in [3.63, 3.8) is 0 Å². The van der Waals surface area contributed by atoms with Gasteiger partial charge in [-0.15, -0.1) is 0 Å². The van der Waals surface area contributed by atoms with Crippen LogP contribution in [0.25, 0.3) is 0 Å². The summed E-state index contributed by atoms with van der Waals surface area (Å²) in [4.78, 5) is 17.6. The van der Waals surface area contributed by atoms with E-state index in [-0.39, 0.29) is 5.91 Å². The summed E-state index contributed by atoms with van der Waals surface area (Å²) in [6, 6.07) is 0. The Bertz CT molecular complexity index is 235. The number of hydrogen-bond donors (Lipinski definition) is 3. The van der Waals surface area contributed by atoms with Gasteiger partial charge in [0, 0.05) is 6.42 Å². The van der Waals surface area contributed by atoms with Crippen molar-refractivity contribution in [2.24, 2.45) is 0 Å². The smallest absolute Gasteiger partial charge is 0.225 e. The molecule has 1 aromatic heterocycles. The molecule has 2 N–H and O–H groups in total. The van der Waals surface area contributed by atoms with Gasteiger partial charge in [-0.3, -0.25) is 4.79 Å². The maximum absolute atomic E-state index is 11.1. The number of thiol groups is 1. The van der Waals surface area contributed by atoms with E-state index >= 15 is 0 Å². The minimum atomic E-state index is -0.00620. The molecule has 66 valence electrons. The fraction of sp³-hybridized carbons (Fsp3) is 0.429. The second-order valence-corrected chi connectivity index (χ2v) is 2.79. The number of carbonyl (C=O) groups is 1. The van der Waals surface area contributed by atoms with E-state index in [0.29, 0.717) is 12.2 Å². The van der Waals surface area contributed by atoms with Gasteiger partial charge < -0.3 is 10.3 Å². The lowest BCUT2D eigenvalue weighted by atomic mass is 10.3. The Labute approximate surface area is 76.2 Å². The van der Waals surface area contributed by atoms with Crippen LogP contribution >= 0.6 is 12.6 Å². The highest BCUT2D eigenvalue weighted by atomic mass is 32.1. The fourth-order valence-corrected chi connectivity index (χ4v) is 0.935. The number of aromatic amines is 1. The van der Waals surface area contributed by atoms with Crippen LogP contribution in [0.1, 0.15) is 12.8 Å². The number of aromatic nitrogens is 2. The molecule has 0 fully saturated rings. The van der Waals surface area contributed by atoms with E-state index in [1.54, 1.807) is 6.20 Å². The lowest BCUT2D eigenvalue weighted by Crippen LogP contribution is -2.11. The number of imidazole rings is 1. The molecule has 0 unspecified atom stereocenters. The van der Waals surface area contributed by atoms with Crippen molar-refractivity contribution in [3.05, 3.63) is 12.5 Å². The van der Waals surface area contributed by atoms with Crippen LogP contribution < -0.4 is 5.32 Å². The Kier molecular flexibility index (Phi) is 3.66. The molecule has 1 rings (SSSR count). The molecular weight excluding hydrogens is 174 g/mol. The van der Waals surface area contributed by atoms with Gasteiger partial charge in [-0.25, -0.2) is 4.98 Å². The average molecular weight is 185 g/mol. The van der Waals surface area contributed by atoms with Crippen molar-refractivity contribution in [2.45, 2.75) is 12.8 Å². The molecule has 0 aliphatic rings.